The average molecular weight is 354 g/mol. The van der Waals surface area contributed by atoms with E-state index in [9.17, 15) is 0 Å². The van der Waals surface area contributed by atoms with Crippen molar-refractivity contribution in [3.8, 4) is 0 Å². The Morgan fingerprint density at radius 1 is 0.647 bits per heavy atom. The van der Waals surface area contributed by atoms with Crippen molar-refractivity contribution in [1.29, 1.82) is 0 Å². The highest BCUT2D eigenvalue weighted by atomic mass is 79.9. The van der Waals surface area contributed by atoms with Crippen LogP contribution in [0.5, 0.6) is 0 Å². The van der Waals surface area contributed by atoms with Gasteiger partial charge in [0, 0.05) is 16.1 Å². The number of alkyl halides is 2. The fraction of sp³-hybridized carbons (Fsp3) is 0.200. The highest BCUT2D eigenvalue weighted by Gasteiger charge is 2.31. The molecule has 0 saturated heterocycles. The molecule has 0 spiro atoms. The third kappa shape index (κ3) is 2.48. The first-order valence-electron chi connectivity index (χ1n) is 5.56. The van der Waals surface area contributed by atoms with Crippen LogP contribution in [0.15, 0.2) is 60.7 Å². The first-order valence-corrected chi connectivity index (χ1v) is 7.81. The molecule has 0 aliphatic rings. The van der Waals surface area contributed by atoms with Gasteiger partial charge < -0.3 is 0 Å². The van der Waals surface area contributed by atoms with E-state index in [4.69, 9.17) is 0 Å². The van der Waals surface area contributed by atoms with E-state index in [1.54, 1.807) is 0 Å². The summed E-state index contributed by atoms with van der Waals surface area (Å²) in [4.78, 5) is 0. The molecule has 2 rings (SSSR count). The van der Waals surface area contributed by atoms with Gasteiger partial charge >= 0.3 is 0 Å². The summed E-state index contributed by atoms with van der Waals surface area (Å²) in [5, 5.41) is 1.80. The van der Waals surface area contributed by atoms with Crippen LogP contribution in [0.25, 0.3) is 0 Å². The molecule has 0 heterocycles. The van der Waals surface area contributed by atoms with E-state index < -0.39 is 0 Å². The molecule has 0 aliphatic carbocycles. The first-order chi connectivity index (χ1) is 8.33. The summed E-state index contributed by atoms with van der Waals surface area (Å²) in [7, 11) is 0. The molecule has 17 heavy (non-hydrogen) atoms. The summed E-state index contributed by atoms with van der Waals surface area (Å²) in [6.07, 6.45) is 0. The van der Waals surface area contributed by atoms with Gasteiger partial charge in [0.05, 0.1) is 0 Å². The van der Waals surface area contributed by atoms with E-state index in [0.717, 1.165) is 10.7 Å². The maximum atomic E-state index is 3.68. The molecular weight excluding hydrogens is 340 g/mol. The van der Waals surface area contributed by atoms with Gasteiger partial charge in [-0.2, -0.15) is 0 Å². The van der Waals surface area contributed by atoms with Crippen molar-refractivity contribution in [1.82, 2.24) is 0 Å². The van der Waals surface area contributed by atoms with Gasteiger partial charge in [-0.25, -0.2) is 0 Å². The number of benzene rings is 2. The summed E-state index contributed by atoms with van der Waals surface area (Å²) in [6, 6.07) is 21.3. The fourth-order valence-corrected chi connectivity index (χ4v) is 4.25. The summed E-state index contributed by atoms with van der Waals surface area (Å²) in [5.74, 6) is 0. The van der Waals surface area contributed by atoms with Crippen molar-refractivity contribution in [2.75, 3.05) is 10.7 Å². The number of halogens is 2. The number of hydrogen-bond acceptors (Lipinski definition) is 0. The summed E-state index contributed by atoms with van der Waals surface area (Å²) >= 11 is 7.35. The molecule has 0 bridgehead atoms. The van der Waals surface area contributed by atoms with E-state index in [-0.39, 0.29) is 5.41 Å². The Hall–Kier alpha value is -0.600. The highest BCUT2D eigenvalue weighted by Crippen LogP contribution is 2.35. The van der Waals surface area contributed by atoms with Gasteiger partial charge in [0.25, 0.3) is 0 Å². The van der Waals surface area contributed by atoms with Gasteiger partial charge in [-0.3, -0.25) is 0 Å². The van der Waals surface area contributed by atoms with Gasteiger partial charge in [0.15, 0.2) is 0 Å². The van der Waals surface area contributed by atoms with Crippen LogP contribution in [-0.4, -0.2) is 10.7 Å². The lowest BCUT2D eigenvalue weighted by Crippen LogP contribution is -2.31. The molecule has 2 aromatic rings. The van der Waals surface area contributed by atoms with E-state index in [0.29, 0.717) is 0 Å². The lowest BCUT2D eigenvalue weighted by atomic mass is 9.78. The van der Waals surface area contributed by atoms with Gasteiger partial charge in [-0.15, -0.1) is 0 Å². The van der Waals surface area contributed by atoms with Crippen molar-refractivity contribution >= 4 is 31.9 Å². The summed E-state index contributed by atoms with van der Waals surface area (Å²) in [5.41, 5.74) is 2.67. The molecule has 2 aromatic carbocycles. The third-order valence-electron chi connectivity index (χ3n) is 3.11. The maximum absolute atomic E-state index is 3.68. The Bertz CT molecular complexity index is 405. The van der Waals surface area contributed by atoms with Crippen LogP contribution in [0.4, 0.5) is 0 Å². The molecule has 0 aliphatic heterocycles. The Morgan fingerprint density at radius 2 is 1.00 bits per heavy atom. The van der Waals surface area contributed by atoms with Crippen molar-refractivity contribution in [3.05, 3.63) is 71.8 Å². The van der Waals surface area contributed by atoms with Gasteiger partial charge in [0.2, 0.25) is 0 Å². The van der Waals surface area contributed by atoms with Gasteiger partial charge in [-0.05, 0) is 11.1 Å². The molecule has 0 unspecified atom stereocenters. The summed E-state index contributed by atoms with van der Waals surface area (Å²) in [6.45, 7) is 0. The zero-order valence-corrected chi connectivity index (χ0v) is 12.6. The molecule has 0 aromatic heterocycles. The summed E-state index contributed by atoms with van der Waals surface area (Å²) < 4.78 is 0. The second-order valence-electron chi connectivity index (χ2n) is 4.08. The first kappa shape index (κ1) is 12.8. The fourth-order valence-electron chi connectivity index (χ4n) is 2.03. The Kier molecular flexibility index (Phi) is 4.41. The van der Waals surface area contributed by atoms with Gasteiger partial charge in [-0.1, -0.05) is 92.5 Å². The van der Waals surface area contributed by atoms with E-state index in [1.807, 2.05) is 0 Å². The van der Waals surface area contributed by atoms with Crippen molar-refractivity contribution in [3.63, 3.8) is 0 Å². The monoisotopic (exact) mass is 352 g/mol. The van der Waals surface area contributed by atoms with Crippen LogP contribution < -0.4 is 0 Å². The minimum absolute atomic E-state index is 0.00250. The largest absolute Gasteiger partial charge is 0.0914 e. The standard InChI is InChI=1S/C15H14Br2/c16-11-15(12-17,13-7-3-1-4-8-13)14-9-5-2-6-10-14/h1-10H,11-12H2. The van der Waals surface area contributed by atoms with Crippen LogP contribution in [0, 0.1) is 0 Å². The smallest absolute Gasteiger partial charge is 0.0396 e. The zero-order chi connectivity index (χ0) is 12.1. The normalized spacial score (nSPS) is 11.4. The van der Waals surface area contributed by atoms with E-state index in [1.165, 1.54) is 11.1 Å². The predicted molar refractivity (Wildman–Crippen MR) is 81.3 cm³/mol. The molecule has 88 valence electrons. The molecule has 0 atom stereocenters. The van der Waals surface area contributed by atoms with E-state index >= 15 is 0 Å². The highest BCUT2D eigenvalue weighted by molar-refractivity contribution is 9.09. The van der Waals surface area contributed by atoms with Crippen LogP contribution in [0.1, 0.15) is 11.1 Å². The number of hydrogen-bond donors (Lipinski definition) is 0. The van der Waals surface area contributed by atoms with E-state index in [2.05, 4.69) is 92.5 Å². The molecule has 0 N–H and O–H groups in total. The Balaban J connectivity index is 2.54. The second-order valence-corrected chi connectivity index (χ2v) is 5.20. The lowest BCUT2D eigenvalue weighted by molar-refractivity contribution is 0.675. The molecular formula is C15H14Br2. The average Bonchev–Trinajstić information content (AvgIpc) is 2.43. The second kappa shape index (κ2) is 5.83. The van der Waals surface area contributed by atoms with Crippen LogP contribution >= 0.6 is 31.9 Å². The quantitative estimate of drug-likeness (QED) is 0.695. The third-order valence-corrected chi connectivity index (χ3v) is 5.02. The lowest BCUT2D eigenvalue weighted by Gasteiger charge is -2.31. The van der Waals surface area contributed by atoms with Crippen LogP contribution in [-0.2, 0) is 5.41 Å². The Labute approximate surface area is 119 Å². The minimum Gasteiger partial charge on any atom is -0.0914 e. The van der Waals surface area contributed by atoms with Crippen LogP contribution in [0.2, 0.25) is 0 Å². The van der Waals surface area contributed by atoms with Gasteiger partial charge in [0.1, 0.15) is 0 Å². The van der Waals surface area contributed by atoms with Crippen molar-refractivity contribution in [2.45, 2.75) is 5.41 Å². The molecule has 0 saturated carbocycles. The molecule has 0 radical (unpaired) electrons. The molecule has 0 amide bonds. The van der Waals surface area contributed by atoms with Crippen molar-refractivity contribution < 1.29 is 0 Å². The Morgan fingerprint density at radius 3 is 1.29 bits per heavy atom. The molecule has 2 heteroatoms. The SMILES string of the molecule is BrCC(CBr)(c1ccccc1)c1ccccc1. The van der Waals surface area contributed by atoms with Crippen LogP contribution in [0.3, 0.4) is 0 Å². The zero-order valence-electron chi connectivity index (χ0n) is 9.44. The van der Waals surface area contributed by atoms with Crippen molar-refractivity contribution in [2.24, 2.45) is 0 Å². The molecule has 0 nitrogen and oxygen atoms in total. The minimum atomic E-state index is 0.00250. The topological polar surface area (TPSA) is 0 Å². The number of rotatable bonds is 4. The predicted octanol–water partition coefficient (Wildman–Crippen LogP) is 4.76. The maximum Gasteiger partial charge on any atom is 0.0396 e. The molecule has 0 fully saturated rings.